The molecule has 0 unspecified atom stereocenters. The van der Waals surface area contributed by atoms with Gasteiger partial charge in [0.2, 0.25) is 0 Å². The van der Waals surface area contributed by atoms with Gasteiger partial charge in [0, 0.05) is 22.9 Å². The molecule has 1 aromatic carbocycles. The third kappa shape index (κ3) is 1.67. The van der Waals surface area contributed by atoms with Crippen LogP contribution in [0.5, 0.6) is 0 Å². The number of benzene rings is 1. The highest BCUT2D eigenvalue weighted by Gasteiger charge is 2.43. The van der Waals surface area contributed by atoms with Crippen LogP contribution in [-0.2, 0) is 6.54 Å². The molecule has 2 atom stereocenters. The topological polar surface area (TPSA) is 20.3 Å². The predicted octanol–water partition coefficient (Wildman–Crippen LogP) is 4.50. The maximum Gasteiger partial charge on any atom is 0.255 e. The molecule has 3 heterocycles. The van der Waals surface area contributed by atoms with Crippen LogP contribution in [0.3, 0.4) is 0 Å². The highest BCUT2D eigenvalue weighted by Crippen LogP contribution is 2.48. The zero-order valence-corrected chi connectivity index (χ0v) is 13.0. The summed E-state index contributed by atoms with van der Waals surface area (Å²) in [5, 5.41) is 2.13. The van der Waals surface area contributed by atoms with E-state index >= 15 is 0 Å². The minimum atomic E-state index is 0.166. The minimum absolute atomic E-state index is 0.166. The van der Waals surface area contributed by atoms with Crippen molar-refractivity contribution in [3.63, 3.8) is 0 Å². The summed E-state index contributed by atoms with van der Waals surface area (Å²) in [6, 6.07) is 10.4. The quantitative estimate of drug-likeness (QED) is 0.701. The summed E-state index contributed by atoms with van der Waals surface area (Å²) in [5.74, 6) is 0.499. The second-order valence-electron chi connectivity index (χ2n) is 5.77. The Bertz CT molecular complexity index is 758. The molecular weight excluding hydrogens is 278 g/mol. The van der Waals surface area contributed by atoms with Crippen LogP contribution >= 0.6 is 11.3 Å². The molecule has 2 aliphatic rings. The van der Waals surface area contributed by atoms with Crippen LogP contribution in [0.15, 0.2) is 41.8 Å². The van der Waals surface area contributed by atoms with Gasteiger partial charge in [-0.1, -0.05) is 31.2 Å². The molecule has 0 saturated carbocycles. The third-order valence-electron chi connectivity index (χ3n) is 4.73. The summed E-state index contributed by atoms with van der Waals surface area (Å²) in [5.41, 5.74) is 4.72. The first kappa shape index (κ1) is 12.8. The number of fused-ring (bicyclic) bond motifs is 4. The number of nitrogens with zero attached hydrogens (tertiary/aromatic N) is 1. The molecule has 1 aromatic heterocycles. The van der Waals surface area contributed by atoms with Gasteiger partial charge in [-0.3, -0.25) is 4.79 Å². The van der Waals surface area contributed by atoms with Gasteiger partial charge in [0.25, 0.3) is 5.91 Å². The first-order chi connectivity index (χ1) is 10.2. The van der Waals surface area contributed by atoms with Crippen LogP contribution in [0.2, 0.25) is 0 Å². The fourth-order valence-electron chi connectivity index (χ4n) is 3.78. The van der Waals surface area contributed by atoms with E-state index in [1.165, 1.54) is 21.6 Å². The lowest BCUT2D eigenvalue weighted by molar-refractivity contribution is 0.0687. The van der Waals surface area contributed by atoms with Crippen LogP contribution in [0, 0.1) is 5.92 Å². The maximum absolute atomic E-state index is 12.8. The van der Waals surface area contributed by atoms with Gasteiger partial charge >= 0.3 is 0 Å². The number of thiophene rings is 1. The van der Waals surface area contributed by atoms with Crippen LogP contribution in [0.25, 0.3) is 5.57 Å². The molecule has 0 bridgehead atoms. The first-order valence-electron chi connectivity index (χ1n) is 7.35. The highest BCUT2D eigenvalue weighted by atomic mass is 32.1. The molecule has 0 saturated heterocycles. The molecular formula is C18H17NOS. The van der Waals surface area contributed by atoms with Gasteiger partial charge < -0.3 is 4.90 Å². The Kier molecular flexibility index (Phi) is 2.79. The van der Waals surface area contributed by atoms with Crippen LogP contribution in [0.4, 0.5) is 0 Å². The molecule has 3 heteroatoms. The van der Waals surface area contributed by atoms with Crippen molar-refractivity contribution in [2.24, 2.45) is 5.92 Å². The van der Waals surface area contributed by atoms with E-state index in [0.29, 0.717) is 5.92 Å². The fraction of sp³-hybridized carbons (Fsp3) is 0.278. The third-order valence-corrected chi connectivity index (χ3v) is 5.74. The second kappa shape index (κ2) is 4.57. The standard InChI is InChI=1S/C18H17NOS/c1-3-13-11(2)16-14-6-4-5-7-15(14)18(20)19(16)10-12-8-9-21-17(12)13/h3-9,11,16H,10H2,1-2H3/b13-3+/t11-,16+/m1/s1. The van der Waals surface area contributed by atoms with E-state index < -0.39 is 0 Å². The van der Waals surface area contributed by atoms with Crippen LogP contribution in [0.1, 0.15) is 46.3 Å². The number of carbonyl (C=O) groups excluding carboxylic acids is 1. The minimum Gasteiger partial charge on any atom is -0.327 e. The van der Waals surface area contributed by atoms with Crippen LogP contribution in [-0.4, -0.2) is 10.8 Å². The van der Waals surface area contributed by atoms with Crippen molar-refractivity contribution in [1.82, 2.24) is 4.90 Å². The van der Waals surface area contributed by atoms with Gasteiger partial charge in [-0.05, 0) is 41.1 Å². The Morgan fingerprint density at radius 2 is 2.10 bits per heavy atom. The monoisotopic (exact) mass is 295 g/mol. The van der Waals surface area contributed by atoms with E-state index in [2.05, 4.69) is 42.3 Å². The average Bonchev–Trinajstić information content (AvgIpc) is 3.02. The smallest absolute Gasteiger partial charge is 0.255 e. The van der Waals surface area contributed by atoms with E-state index in [9.17, 15) is 4.79 Å². The molecule has 0 spiro atoms. The Morgan fingerprint density at radius 1 is 1.29 bits per heavy atom. The predicted molar refractivity (Wildman–Crippen MR) is 86.2 cm³/mol. The normalized spacial score (nSPS) is 25.5. The highest BCUT2D eigenvalue weighted by molar-refractivity contribution is 7.11. The summed E-state index contributed by atoms with van der Waals surface area (Å²) in [6.45, 7) is 5.07. The Balaban J connectivity index is 1.92. The molecule has 2 aliphatic heterocycles. The maximum atomic E-state index is 12.8. The summed E-state index contributed by atoms with van der Waals surface area (Å²) >= 11 is 1.79. The van der Waals surface area contributed by atoms with Crippen molar-refractivity contribution < 1.29 is 4.79 Å². The number of amides is 1. The summed E-state index contributed by atoms with van der Waals surface area (Å²) in [7, 11) is 0. The largest absolute Gasteiger partial charge is 0.327 e. The van der Waals surface area contributed by atoms with Crippen molar-refractivity contribution in [3.8, 4) is 0 Å². The van der Waals surface area contributed by atoms with E-state index in [1.54, 1.807) is 11.3 Å². The van der Waals surface area contributed by atoms with Gasteiger partial charge in [-0.25, -0.2) is 0 Å². The molecule has 0 fully saturated rings. The Labute approximate surface area is 128 Å². The first-order valence-corrected chi connectivity index (χ1v) is 8.23. The molecule has 21 heavy (non-hydrogen) atoms. The number of hydrogen-bond donors (Lipinski definition) is 0. The van der Waals surface area contributed by atoms with Crippen LogP contribution < -0.4 is 0 Å². The van der Waals surface area contributed by atoms with E-state index in [4.69, 9.17) is 0 Å². The molecule has 2 aromatic rings. The molecule has 106 valence electrons. The molecule has 0 N–H and O–H groups in total. The van der Waals surface area contributed by atoms with E-state index in [1.807, 2.05) is 18.2 Å². The fourth-order valence-corrected chi connectivity index (χ4v) is 4.87. The number of allylic oxidation sites excluding steroid dienone is 1. The van der Waals surface area contributed by atoms with Gasteiger partial charge in [0.15, 0.2) is 0 Å². The molecule has 4 rings (SSSR count). The van der Waals surface area contributed by atoms with Crippen molar-refractivity contribution in [3.05, 3.63) is 63.4 Å². The lowest BCUT2D eigenvalue weighted by Crippen LogP contribution is -2.29. The Morgan fingerprint density at radius 3 is 2.90 bits per heavy atom. The van der Waals surface area contributed by atoms with Gasteiger partial charge in [0.05, 0.1) is 6.04 Å². The van der Waals surface area contributed by atoms with Gasteiger partial charge in [0.1, 0.15) is 0 Å². The summed E-state index contributed by atoms with van der Waals surface area (Å²) < 4.78 is 0. The second-order valence-corrected chi connectivity index (χ2v) is 6.69. The number of hydrogen-bond acceptors (Lipinski definition) is 2. The van der Waals surface area contributed by atoms with Gasteiger partial charge in [-0.2, -0.15) is 0 Å². The zero-order valence-electron chi connectivity index (χ0n) is 12.2. The number of rotatable bonds is 0. The SMILES string of the molecule is C/C=C1/c2sccc2CN2C(=O)c3ccccc3[C@@H]2[C@@H]1C. The molecule has 2 nitrogen and oxygen atoms in total. The lowest BCUT2D eigenvalue weighted by atomic mass is 9.88. The zero-order chi connectivity index (χ0) is 14.6. The molecule has 0 aliphatic carbocycles. The average molecular weight is 295 g/mol. The van der Waals surface area contributed by atoms with Gasteiger partial charge in [-0.15, -0.1) is 11.3 Å². The lowest BCUT2D eigenvalue weighted by Gasteiger charge is -2.28. The Hall–Kier alpha value is -1.87. The molecule has 0 radical (unpaired) electrons. The van der Waals surface area contributed by atoms with Crippen molar-refractivity contribution in [2.75, 3.05) is 0 Å². The van der Waals surface area contributed by atoms with E-state index in [0.717, 1.165) is 12.1 Å². The van der Waals surface area contributed by atoms with Crippen molar-refractivity contribution in [2.45, 2.75) is 26.4 Å². The van der Waals surface area contributed by atoms with E-state index in [-0.39, 0.29) is 11.9 Å². The summed E-state index contributed by atoms with van der Waals surface area (Å²) in [4.78, 5) is 16.2. The summed E-state index contributed by atoms with van der Waals surface area (Å²) in [6.07, 6.45) is 2.22. The molecule has 1 amide bonds. The van der Waals surface area contributed by atoms with Crippen molar-refractivity contribution in [1.29, 1.82) is 0 Å². The van der Waals surface area contributed by atoms with Crippen molar-refractivity contribution >= 4 is 22.8 Å². The number of carbonyl (C=O) groups is 1.